The van der Waals surface area contributed by atoms with Crippen LogP contribution in [0.25, 0.3) is 0 Å². The normalized spacial score (nSPS) is 17.7. The molecule has 1 fully saturated rings. The molecule has 0 aromatic carbocycles. The van der Waals surface area contributed by atoms with Crippen LogP contribution in [0.5, 0.6) is 0 Å². The Morgan fingerprint density at radius 3 is 2.62 bits per heavy atom. The number of hydrogen-bond donors (Lipinski definition) is 2. The Labute approximate surface area is 130 Å². The Hall–Kier alpha value is -1.53. The van der Waals surface area contributed by atoms with Crippen molar-refractivity contribution in [3.05, 3.63) is 22.8 Å². The Morgan fingerprint density at radius 2 is 2.14 bits per heavy atom. The van der Waals surface area contributed by atoms with Crippen molar-refractivity contribution in [3.63, 3.8) is 0 Å². The minimum atomic E-state index is -0.0111. The molecule has 0 spiro atoms. The van der Waals surface area contributed by atoms with E-state index in [2.05, 4.69) is 29.1 Å². The predicted octanol–water partition coefficient (Wildman–Crippen LogP) is 1.75. The van der Waals surface area contributed by atoms with Crippen molar-refractivity contribution < 1.29 is 5.21 Å². The van der Waals surface area contributed by atoms with Crippen molar-refractivity contribution in [2.45, 2.75) is 24.8 Å². The molecule has 7 heteroatoms. The third-order valence-corrected chi connectivity index (χ3v) is 4.75. The maximum absolute atomic E-state index is 8.81. The summed E-state index contributed by atoms with van der Waals surface area (Å²) in [5.41, 5.74) is 6.30. The van der Waals surface area contributed by atoms with Crippen LogP contribution in [-0.4, -0.2) is 54.2 Å². The van der Waals surface area contributed by atoms with Gasteiger partial charge in [0.25, 0.3) is 0 Å². The van der Waals surface area contributed by atoms with Gasteiger partial charge in [0.05, 0.1) is 5.02 Å². The highest BCUT2D eigenvalue weighted by molar-refractivity contribution is 6.36. The molecule has 0 bridgehead atoms. The molecule has 3 N–H and O–H groups in total. The van der Waals surface area contributed by atoms with Crippen LogP contribution in [-0.2, 0) is 0 Å². The second-order valence-electron chi connectivity index (χ2n) is 5.81. The molecule has 21 heavy (non-hydrogen) atoms. The van der Waals surface area contributed by atoms with Crippen LogP contribution in [0.1, 0.15) is 24.8 Å². The van der Waals surface area contributed by atoms with Gasteiger partial charge in [0.1, 0.15) is 5.82 Å². The number of nitrogens with two attached hydrogens (primary N) is 1. The number of pyridine rings is 1. The summed E-state index contributed by atoms with van der Waals surface area (Å²) in [6.45, 7) is 0.840. The standard InChI is InChI=1S/C14H22ClN5O/c1-19(2)14(6-4-7-14)9-20(3)13-11(15)10(5-8-17-13)12(16)18-21/h5,8,21H,4,6-7,9H2,1-3H3,(H2,16,18). The third kappa shape index (κ3) is 2.91. The van der Waals surface area contributed by atoms with E-state index in [9.17, 15) is 0 Å². The number of likely N-dealkylation sites (N-methyl/N-ethyl adjacent to an activating group) is 2. The lowest BCUT2D eigenvalue weighted by Crippen LogP contribution is -2.56. The molecule has 0 amide bonds. The summed E-state index contributed by atoms with van der Waals surface area (Å²) in [4.78, 5) is 8.65. The van der Waals surface area contributed by atoms with E-state index in [4.69, 9.17) is 22.5 Å². The highest BCUT2D eigenvalue weighted by Gasteiger charge is 2.40. The molecule has 1 aromatic heterocycles. The van der Waals surface area contributed by atoms with Crippen molar-refractivity contribution in [1.29, 1.82) is 0 Å². The lowest BCUT2D eigenvalue weighted by molar-refractivity contribution is 0.0682. The van der Waals surface area contributed by atoms with Gasteiger partial charge in [0.15, 0.2) is 5.84 Å². The Bertz CT molecular complexity index is 542. The number of oxime groups is 1. The molecule has 1 heterocycles. The molecule has 0 radical (unpaired) electrons. The number of rotatable bonds is 5. The van der Waals surface area contributed by atoms with Crippen LogP contribution in [0.4, 0.5) is 5.82 Å². The van der Waals surface area contributed by atoms with Gasteiger partial charge in [-0.2, -0.15) is 0 Å². The van der Waals surface area contributed by atoms with Crippen LogP contribution in [0.3, 0.4) is 0 Å². The SMILES string of the molecule is CN(CC1(N(C)C)CCC1)c1nccc(/C(N)=N/O)c1Cl. The largest absolute Gasteiger partial charge is 0.409 e. The van der Waals surface area contributed by atoms with Gasteiger partial charge in [-0.3, -0.25) is 0 Å². The first kappa shape index (κ1) is 15.9. The predicted molar refractivity (Wildman–Crippen MR) is 85.3 cm³/mol. The van der Waals surface area contributed by atoms with E-state index in [0.717, 1.165) is 6.54 Å². The second-order valence-corrected chi connectivity index (χ2v) is 6.19. The molecule has 6 nitrogen and oxygen atoms in total. The zero-order valence-corrected chi connectivity index (χ0v) is 13.4. The van der Waals surface area contributed by atoms with E-state index in [1.165, 1.54) is 19.3 Å². The van der Waals surface area contributed by atoms with Gasteiger partial charge in [0.2, 0.25) is 0 Å². The first-order valence-corrected chi connectivity index (χ1v) is 7.30. The van der Waals surface area contributed by atoms with Crippen molar-refractivity contribution in [2.75, 3.05) is 32.6 Å². The third-order valence-electron chi connectivity index (χ3n) is 4.38. The molecular weight excluding hydrogens is 290 g/mol. The van der Waals surface area contributed by atoms with E-state index in [1.54, 1.807) is 12.3 Å². The van der Waals surface area contributed by atoms with Crippen LogP contribution < -0.4 is 10.6 Å². The Kier molecular flexibility index (Phi) is 4.58. The van der Waals surface area contributed by atoms with Gasteiger partial charge >= 0.3 is 0 Å². The van der Waals surface area contributed by atoms with Crippen molar-refractivity contribution >= 4 is 23.3 Å². The van der Waals surface area contributed by atoms with Crippen LogP contribution in [0.15, 0.2) is 17.4 Å². The van der Waals surface area contributed by atoms with Crippen molar-refractivity contribution in [1.82, 2.24) is 9.88 Å². The fraction of sp³-hybridized carbons (Fsp3) is 0.571. The number of amidine groups is 1. The topological polar surface area (TPSA) is 78.0 Å². The maximum atomic E-state index is 8.81. The zero-order valence-electron chi connectivity index (χ0n) is 12.7. The summed E-state index contributed by atoms with van der Waals surface area (Å²) in [7, 11) is 6.18. The van der Waals surface area contributed by atoms with E-state index >= 15 is 0 Å². The molecule has 1 aliphatic carbocycles. The van der Waals surface area contributed by atoms with Gasteiger partial charge < -0.3 is 20.7 Å². The Balaban J connectivity index is 2.26. The minimum Gasteiger partial charge on any atom is -0.409 e. The molecule has 0 aliphatic heterocycles. The lowest BCUT2D eigenvalue weighted by Gasteiger charge is -2.49. The molecule has 1 saturated carbocycles. The van der Waals surface area contributed by atoms with E-state index in [-0.39, 0.29) is 11.4 Å². The number of hydrogen-bond acceptors (Lipinski definition) is 5. The lowest BCUT2D eigenvalue weighted by atomic mass is 9.75. The zero-order chi connectivity index (χ0) is 15.6. The van der Waals surface area contributed by atoms with E-state index in [1.807, 2.05) is 11.9 Å². The smallest absolute Gasteiger partial charge is 0.171 e. The maximum Gasteiger partial charge on any atom is 0.171 e. The van der Waals surface area contributed by atoms with Crippen molar-refractivity contribution in [3.8, 4) is 0 Å². The van der Waals surface area contributed by atoms with E-state index < -0.39 is 0 Å². The summed E-state index contributed by atoms with van der Waals surface area (Å²) < 4.78 is 0. The first-order valence-electron chi connectivity index (χ1n) is 6.92. The monoisotopic (exact) mass is 311 g/mol. The van der Waals surface area contributed by atoms with Crippen LogP contribution >= 0.6 is 11.6 Å². The molecule has 1 aromatic rings. The highest BCUT2D eigenvalue weighted by atomic mass is 35.5. The molecular formula is C14H22ClN5O. The quantitative estimate of drug-likeness (QED) is 0.375. The molecule has 1 aliphatic rings. The molecule has 0 unspecified atom stereocenters. The van der Waals surface area contributed by atoms with Gasteiger partial charge in [-0.25, -0.2) is 4.98 Å². The number of nitrogens with zero attached hydrogens (tertiary/aromatic N) is 4. The van der Waals surface area contributed by atoms with E-state index in [0.29, 0.717) is 16.4 Å². The summed E-state index contributed by atoms with van der Waals surface area (Å²) in [6, 6.07) is 1.64. The van der Waals surface area contributed by atoms with Gasteiger partial charge in [-0.15, -0.1) is 0 Å². The van der Waals surface area contributed by atoms with Gasteiger partial charge in [-0.1, -0.05) is 16.8 Å². The summed E-state index contributed by atoms with van der Waals surface area (Å²) >= 11 is 6.36. The van der Waals surface area contributed by atoms with Gasteiger partial charge in [0, 0.05) is 30.9 Å². The highest BCUT2D eigenvalue weighted by Crippen LogP contribution is 2.38. The second kappa shape index (κ2) is 6.07. The first-order chi connectivity index (χ1) is 9.91. The molecule has 0 atom stereocenters. The van der Waals surface area contributed by atoms with Crippen LogP contribution in [0.2, 0.25) is 5.02 Å². The van der Waals surface area contributed by atoms with Crippen molar-refractivity contribution in [2.24, 2.45) is 10.9 Å². The average Bonchev–Trinajstić information content (AvgIpc) is 2.41. The fourth-order valence-electron chi connectivity index (χ4n) is 2.80. The minimum absolute atomic E-state index is 0.0111. The molecule has 0 saturated heterocycles. The average molecular weight is 312 g/mol. The fourth-order valence-corrected chi connectivity index (χ4v) is 3.15. The number of aromatic nitrogens is 1. The summed E-state index contributed by atoms with van der Waals surface area (Å²) in [5.74, 6) is 0.636. The number of anilines is 1. The summed E-state index contributed by atoms with van der Waals surface area (Å²) in [5, 5.41) is 12.2. The number of halogens is 1. The summed E-state index contributed by atoms with van der Waals surface area (Å²) in [6.07, 6.45) is 5.20. The Morgan fingerprint density at radius 1 is 1.48 bits per heavy atom. The van der Waals surface area contributed by atoms with Crippen LogP contribution in [0, 0.1) is 0 Å². The molecule has 2 rings (SSSR count). The molecule has 116 valence electrons. The van der Waals surface area contributed by atoms with Gasteiger partial charge in [-0.05, 0) is 39.4 Å².